The van der Waals surface area contributed by atoms with Crippen LogP contribution in [0.25, 0.3) is 10.9 Å². The molecule has 0 bridgehead atoms. The molecule has 4 aromatic rings. The van der Waals surface area contributed by atoms with Crippen molar-refractivity contribution in [2.45, 2.75) is 10.9 Å². The molecule has 0 spiro atoms. The van der Waals surface area contributed by atoms with Gasteiger partial charge in [-0.05, 0) is 17.2 Å². The Hall–Kier alpha value is -2.61. The largest absolute Gasteiger partial charge is 0.361 e. The Morgan fingerprint density at radius 1 is 1.14 bits per heavy atom. The highest BCUT2D eigenvalue weighted by molar-refractivity contribution is 7.89. The van der Waals surface area contributed by atoms with E-state index in [0.29, 0.717) is 0 Å². The van der Waals surface area contributed by atoms with Gasteiger partial charge < -0.3 is 9.55 Å². The van der Waals surface area contributed by atoms with E-state index >= 15 is 0 Å². The fourth-order valence-corrected chi connectivity index (χ4v) is 4.78. The van der Waals surface area contributed by atoms with E-state index in [1.165, 1.54) is 10.9 Å². The summed E-state index contributed by atoms with van der Waals surface area (Å²) in [5, 5.41) is 0.977. The number of aromatic amines is 1. The Balaban J connectivity index is 1.70. The van der Waals surface area contributed by atoms with Crippen LogP contribution in [0.2, 0.25) is 5.15 Å². The average Bonchev–Trinajstić information content (AvgIpc) is 3.27. The minimum atomic E-state index is -3.84. The van der Waals surface area contributed by atoms with Crippen molar-refractivity contribution in [2.24, 2.45) is 7.05 Å². The third-order valence-electron chi connectivity index (χ3n) is 4.76. The molecule has 0 radical (unpaired) electrons. The molecule has 2 aromatic carbocycles. The molecule has 8 heteroatoms. The van der Waals surface area contributed by atoms with Gasteiger partial charge in [0.2, 0.25) is 5.03 Å². The van der Waals surface area contributed by atoms with E-state index in [1.54, 1.807) is 7.05 Å². The van der Waals surface area contributed by atoms with Crippen molar-refractivity contribution in [3.05, 3.63) is 83.4 Å². The van der Waals surface area contributed by atoms with Crippen molar-refractivity contribution in [2.75, 3.05) is 6.54 Å². The minimum absolute atomic E-state index is 0.0795. The van der Waals surface area contributed by atoms with Crippen LogP contribution in [0, 0.1) is 0 Å². The molecule has 0 aliphatic rings. The van der Waals surface area contributed by atoms with E-state index in [4.69, 9.17) is 11.6 Å². The van der Waals surface area contributed by atoms with Crippen LogP contribution < -0.4 is 4.72 Å². The first kappa shape index (κ1) is 18.7. The highest BCUT2D eigenvalue weighted by Gasteiger charge is 2.25. The maximum Gasteiger partial charge on any atom is 0.261 e. The number of aryl methyl sites for hydroxylation is 1. The molecule has 2 heterocycles. The maximum atomic E-state index is 12.8. The fraction of sp³-hybridized carbons (Fsp3) is 0.150. The number of benzene rings is 2. The van der Waals surface area contributed by atoms with Crippen molar-refractivity contribution >= 4 is 32.5 Å². The quantitative estimate of drug-likeness (QED) is 0.505. The van der Waals surface area contributed by atoms with Crippen LogP contribution in [0.15, 0.2) is 72.1 Å². The van der Waals surface area contributed by atoms with Crippen molar-refractivity contribution in [3.8, 4) is 0 Å². The van der Waals surface area contributed by atoms with Crippen LogP contribution in [-0.4, -0.2) is 29.5 Å². The van der Waals surface area contributed by atoms with E-state index in [-0.39, 0.29) is 22.6 Å². The number of fused-ring (bicyclic) bond motifs is 1. The zero-order chi connectivity index (χ0) is 19.7. The smallest absolute Gasteiger partial charge is 0.261 e. The van der Waals surface area contributed by atoms with Gasteiger partial charge in [0.25, 0.3) is 10.0 Å². The molecular formula is C20H19ClN4O2S. The Labute approximate surface area is 168 Å². The van der Waals surface area contributed by atoms with Gasteiger partial charge >= 0.3 is 0 Å². The summed E-state index contributed by atoms with van der Waals surface area (Å²) in [6.45, 7) is 0.182. The molecule has 144 valence electrons. The van der Waals surface area contributed by atoms with E-state index in [9.17, 15) is 8.42 Å². The predicted molar refractivity (Wildman–Crippen MR) is 110 cm³/mol. The average molecular weight is 415 g/mol. The van der Waals surface area contributed by atoms with Gasteiger partial charge in [-0.15, -0.1) is 0 Å². The van der Waals surface area contributed by atoms with E-state index in [0.717, 1.165) is 22.0 Å². The summed E-state index contributed by atoms with van der Waals surface area (Å²) in [4.78, 5) is 7.19. The van der Waals surface area contributed by atoms with Crippen LogP contribution >= 0.6 is 11.6 Å². The highest BCUT2D eigenvalue weighted by atomic mass is 35.5. The molecule has 0 saturated heterocycles. The third kappa shape index (κ3) is 3.44. The Bertz CT molecular complexity index is 1220. The molecule has 6 nitrogen and oxygen atoms in total. The van der Waals surface area contributed by atoms with Gasteiger partial charge in [0.05, 0.1) is 6.33 Å². The van der Waals surface area contributed by atoms with Crippen LogP contribution in [-0.2, 0) is 17.1 Å². The van der Waals surface area contributed by atoms with Crippen molar-refractivity contribution in [3.63, 3.8) is 0 Å². The summed E-state index contributed by atoms with van der Waals surface area (Å²) < 4.78 is 29.7. The fourth-order valence-electron chi connectivity index (χ4n) is 3.31. The lowest BCUT2D eigenvalue weighted by molar-refractivity contribution is 0.574. The molecule has 0 fully saturated rings. The van der Waals surface area contributed by atoms with Crippen LogP contribution in [0.1, 0.15) is 17.0 Å². The number of aromatic nitrogens is 3. The summed E-state index contributed by atoms with van der Waals surface area (Å²) in [6.07, 6.45) is 3.32. The first-order valence-corrected chi connectivity index (χ1v) is 10.6. The lowest BCUT2D eigenvalue weighted by atomic mass is 9.91. The Kier molecular flexibility index (Phi) is 4.97. The Morgan fingerprint density at radius 3 is 2.57 bits per heavy atom. The number of nitrogens with one attached hydrogen (secondary N) is 2. The SMILES string of the molecule is Cn1cnc(S(=O)(=O)NCC(c2ccccc2)c2c[nH]c3ccccc23)c1Cl. The highest BCUT2D eigenvalue weighted by Crippen LogP contribution is 2.31. The molecule has 2 N–H and O–H groups in total. The van der Waals surface area contributed by atoms with Gasteiger partial charge in [-0.2, -0.15) is 0 Å². The summed E-state index contributed by atoms with van der Waals surface area (Å²) in [5.41, 5.74) is 3.05. The van der Waals surface area contributed by atoms with Crippen molar-refractivity contribution < 1.29 is 8.42 Å². The maximum absolute atomic E-state index is 12.8. The van der Waals surface area contributed by atoms with Crippen molar-refractivity contribution in [1.82, 2.24) is 19.3 Å². The number of rotatable bonds is 6. The summed E-state index contributed by atoms with van der Waals surface area (Å²) >= 11 is 6.08. The van der Waals surface area contributed by atoms with E-state index in [1.807, 2.05) is 60.8 Å². The summed E-state index contributed by atoms with van der Waals surface area (Å²) in [6, 6.07) is 17.8. The molecule has 1 unspecified atom stereocenters. The second kappa shape index (κ2) is 7.43. The van der Waals surface area contributed by atoms with Crippen molar-refractivity contribution in [1.29, 1.82) is 0 Å². The second-order valence-electron chi connectivity index (χ2n) is 6.56. The number of hydrogen-bond acceptors (Lipinski definition) is 3. The summed E-state index contributed by atoms with van der Waals surface area (Å²) in [7, 11) is -2.20. The molecule has 28 heavy (non-hydrogen) atoms. The topological polar surface area (TPSA) is 79.8 Å². The van der Waals surface area contributed by atoms with Crippen LogP contribution in [0.5, 0.6) is 0 Å². The first-order valence-electron chi connectivity index (χ1n) is 8.75. The normalized spacial score (nSPS) is 13.1. The monoisotopic (exact) mass is 414 g/mol. The van der Waals surface area contributed by atoms with Gasteiger partial charge in [-0.25, -0.2) is 18.1 Å². The second-order valence-corrected chi connectivity index (χ2v) is 8.60. The van der Waals surface area contributed by atoms with Gasteiger partial charge in [-0.3, -0.25) is 0 Å². The van der Waals surface area contributed by atoms with Crippen LogP contribution in [0.3, 0.4) is 0 Å². The Morgan fingerprint density at radius 2 is 1.86 bits per heavy atom. The molecular weight excluding hydrogens is 396 g/mol. The molecule has 0 saturated carbocycles. The molecule has 0 amide bonds. The third-order valence-corrected chi connectivity index (χ3v) is 6.68. The molecule has 1 atom stereocenters. The van der Waals surface area contributed by atoms with Gasteiger partial charge in [0.1, 0.15) is 5.15 Å². The minimum Gasteiger partial charge on any atom is -0.361 e. The molecule has 4 rings (SSSR count). The number of imidazole rings is 1. The lowest BCUT2D eigenvalue weighted by Crippen LogP contribution is -2.29. The predicted octanol–water partition coefficient (Wildman–Crippen LogP) is 3.67. The van der Waals surface area contributed by atoms with Gasteiger partial charge in [0, 0.05) is 36.6 Å². The van der Waals surface area contributed by atoms with E-state index in [2.05, 4.69) is 14.7 Å². The standard InChI is InChI=1S/C20H19ClN4O2S/c1-25-13-23-20(19(25)21)28(26,27)24-12-16(14-7-3-2-4-8-14)17-11-22-18-10-6-5-9-15(17)18/h2-11,13,16,22,24H,12H2,1H3. The molecule has 2 aromatic heterocycles. The van der Waals surface area contributed by atoms with Gasteiger partial charge in [-0.1, -0.05) is 60.1 Å². The summed E-state index contributed by atoms with van der Waals surface area (Å²) in [5.74, 6) is -0.172. The molecule has 0 aliphatic heterocycles. The van der Waals surface area contributed by atoms with Gasteiger partial charge in [0.15, 0.2) is 0 Å². The lowest BCUT2D eigenvalue weighted by Gasteiger charge is -2.18. The van der Waals surface area contributed by atoms with Crippen LogP contribution in [0.4, 0.5) is 0 Å². The number of para-hydroxylation sites is 1. The van der Waals surface area contributed by atoms with E-state index < -0.39 is 10.0 Å². The first-order chi connectivity index (χ1) is 13.5. The number of nitrogens with zero attached hydrogens (tertiary/aromatic N) is 2. The number of hydrogen-bond donors (Lipinski definition) is 2. The number of sulfonamides is 1. The number of halogens is 1. The zero-order valence-corrected chi connectivity index (χ0v) is 16.7. The molecule has 0 aliphatic carbocycles. The number of H-pyrrole nitrogens is 1. The zero-order valence-electron chi connectivity index (χ0n) is 15.1.